The van der Waals surface area contributed by atoms with Crippen molar-refractivity contribution < 1.29 is 9.47 Å². The lowest BCUT2D eigenvalue weighted by molar-refractivity contribution is -0.176. The third kappa shape index (κ3) is 5.13. The Morgan fingerprint density at radius 1 is 0.933 bits per heavy atom. The highest BCUT2D eigenvalue weighted by Crippen LogP contribution is 2.38. The molecule has 1 aliphatic heterocycles. The zero-order valence-corrected chi connectivity index (χ0v) is 19.0. The van der Waals surface area contributed by atoms with Crippen LogP contribution in [0.5, 0.6) is 0 Å². The Labute approximate surface area is 191 Å². The van der Waals surface area contributed by atoms with Crippen LogP contribution in [-0.2, 0) is 28.3 Å². The molecule has 2 atom stereocenters. The van der Waals surface area contributed by atoms with Crippen molar-refractivity contribution in [2.24, 2.45) is 0 Å². The predicted molar refractivity (Wildman–Crippen MR) is 125 cm³/mol. The SMILES string of the molecule is Clc1ccc([C@@]2(OCc3ccccc3)CCNC[C@@H]2OCc2cccc(Br)c2)cc1. The van der Waals surface area contributed by atoms with Gasteiger partial charge in [0, 0.05) is 16.0 Å². The average Bonchev–Trinajstić information content (AvgIpc) is 2.78. The molecule has 1 saturated heterocycles. The van der Waals surface area contributed by atoms with Crippen LogP contribution < -0.4 is 5.32 Å². The minimum atomic E-state index is -0.544. The van der Waals surface area contributed by atoms with Gasteiger partial charge in [-0.1, -0.05) is 82.1 Å². The quantitative estimate of drug-likeness (QED) is 0.438. The Bertz CT molecular complexity index is 951. The first kappa shape index (κ1) is 21.5. The lowest BCUT2D eigenvalue weighted by atomic mass is 9.82. The predicted octanol–water partition coefficient (Wildman–Crippen LogP) is 6.09. The number of rotatable bonds is 7. The number of hydrogen-bond donors (Lipinski definition) is 1. The third-order valence-corrected chi connectivity index (χ3v) is 6.28. The van der Waals surface area contributed by atoms with E-state index in [1.54, 1.807) is 0 Å². The second-order valence-corrected chi connectivity index (χ2v) is 8.91. The van der Waals surface area contributed by atoms with Crippen LogP contribution in [0.15, 0.2) is 83.3 Å². The first-order chi connectivity index (χ1) is 14.7. The number of halogens is 2. The maximum absolute atomic E-state index is 6.69. The van der Waals surface area contributed by atoms with Crippen molar-refractivity contribution in [3.8, 4) is 0 Å². The van der Waals surface area contributed by atoms with Gasteiger partial charge in [0.2, 0.25) is 0 Å². The van der Waals surface area contributed by atoms with Gasteiger partial charge in [-0.2, -0.15) is 0 Å². The van der Waals surface area contributed by atoms with E-state index in [2.05, 4.69) is 57.6 Å². The molecule has 3 nitrogen and oxygen atoms in total. The molecule has 0 bridgehead atoms. The van der Waals surface area contributed by atoms with Gasteiger partial charge in [-0.15, -0.1) is 0 Å². The zero-order chi connectivity index (χ0) is 20.8. The lowest BCUT2D eigenvalue weighted by Gasteiger charge is -2.44. The normalized spacial score (nSPS) is 21.5. The summed E-state index contributed by atoms with van der Waals surface area (Å²) in [6, 6.07) is 26.5. The zero-order valence-electron chi connectivity index (χ0n) is 16.7. The highest BCUT2D eigenvalue weighted by atomic mass is 79.9. The van der Waals surface area contributed by atoms with Crippen molar-refractivity contribution in [1.29, 1.82) is 0 Å². The van der Waals surface area contributed by atoms with Crippen molar-refractivity contribution in [1.82, 2.24) is 5.32 Å². The van der Waals surface area contributed by atoms with E-state index >= 15 is 0 Å². The molecule has 0 radical (unpaired) electrons. The summed E-state index contributed by atoms with van der Waals surface area (Å²) in [6.45, 7) is 2.65. The van der Waals surface area contributed by atoms with Crippen LogP contribution >= 0.6 is 27.5 Å². The van der Waals surface area contributed by atoms with Crippen LogP contribution in [0.3, 0.4) is 0 Å². The summed E-state index contributed by atoms with van der Waals surface area (Å²) in [5, 5.41) is 4.20. The largest absolute Gasteiger partial charge is 0.369 e. The van der Waals surface area contributed by atoms with Crippen molar-refractivity contribution in [3.63, 3.8) is 0 Å². The van der Waals surface area contributed by atoms with E-state index in [0.717, 1.165) is 45.7 Å². The molecule has 4 rings (SSSR count). The number of hydrogen-bond acceptors (Lipinski definition) is 3. The number of nitrogens with one attached hydrogen (secondary N) is 1. The fraction of sp³-hybridized carbons (Fsp3) is 0.280. The van der Waals surface area contributed by atoms with Crippen LogP contribution in [-0.4, -0.2) is 19.2 Å². The van der Waals surface area contributed by atoms with Gasteiger partial charge in [-0.05, 0) is 53.9 Å². The van der Waals surface area contributed by atoms with Gasteiger partial charge in [0.1, 0.15) is 11.7 Å². The van der Waals surface area contributed by atoms with Crippen LogP contribution in [0.4, 0.5) is 0 Å². The molecule has 0 aromatic heterocycles. The highest BCUT2D eigenvalue weighted by Gasteiger charge is 2.44. The summed E-state index contributed by atoms with van der Waals surface area (Å²) in [5.41, 5.74) is 2.83. The Morgan fingerprint density at radius 2 is 1.70 bits per heavy atom. The molecule has 0 aliphatic carbocycles. The van der Waals surface area contributed by atoms with E-state index in [0.29, 0.717) is 13.2 Å². The summed E-state index contributed by atoms with van der Waals surface area (Å²) >= 11 is 9.71. The monoisotopic (exact) mass is 485 g/mol. The standard InChI is InChI=1S/C25H25BrClNO2/c26-22-8-4-7-20(15-22)17-29-24-16-28-14-13-25(24,21-9-11-23(27)12-10-21)30-18-19-5-2-1-3-6-19/h1-12,15,24,28H,13-14,16-18H2/t24-,25-/m0/s1. The van der Waals surface area contributed by atoms with Crippen molar-refractivity contribution in [3.05, 3.63) is 105 Å². The Balaban J connectivity index is 1.61. The van der Waals surface area contributed by atoms with E-state index < -0.39 is 5.60 Å². The summed E-state index contributed by atoms with van der Waals surface area (Å²) in [5.74, 6) is 0. The Kier molecular flexibility index (Phi) is 7.24. The van der Waals surface area contributed by atoms with E-state index in [-0.39, 0.29) is 6.10 Å². The molecule has 0 amide bonds. The molecule has 1 fully saturated rings. The first-order valence-electron chi connectivity index (χ1n) is 10.2. The molecular formula is C25H25BrClNO2. The van der Waals surface area contributed by atoms with Gasteiger partial charge in [0.05, 0.1) is 13.2 Å². The van der Waals surface area contributed by atoms with Gasteiger partial charge in [-0.3, -0.25) is 0 Å². The second-order valence-electron chi connectivity index (χ2n) is 7.55. The molecule has 1 aliphatic rings. The topological polar surface area (TPSA) is 30.5 Å². The maximum Gasteiger partial charge on any atom is 0.122 e. The summed E-state index contributed by atoms with van der Waals surface area (Å²) in [7, 11) is 0. The smallest absolute Gasteiger partial charge is 0.122 e. The molecule has 0 unspecified atom stereocenters. The van der Waals surface area contributed by atoms with Crippen molar-refractivity contribution in [2.45, 2.75) is 31.3 Å². The molecule has 1 N–H and O–H groups in total. The molecule has 1 heterocycles. The van der Waals surface area contributed by atoms with Crippen LogP contribution in [0, 0.1) is 0 Å². The molecule has 3 aromatic rings. The maximum atomic E-state index is 6.69. The minimum Gasteiger partial charge on any atom is -0.369 e. The van der Waals surface area contributed by atoms with E-state index in [9.17, 15) is 0 Å². The molecule has 3 aromatic carbocycles. The fourth-order valence-corrected chi connectivity index (χ4v) is 4.52. The first-order valence-corrected chi connectivity index (χ1v) is 11.3. The molecular weight excluding hydrogens is 462 g/mol. The average molecular weight is 487 g/mol. The van der Waals surface area contributed by atoms with Crippen LogP contribution in [0.2, 0.25) is 5.02 Å². The summed E-state index contributed by atoms with van der Waals surface area (Å²) in [4.78, 5) is 0. The van der Waals surface area contributed by atoms with Gasteiger partial charge < -0.3 is 14.8 Å². The molecule has 30 heavy (non-hydrogen) atoms. The lowest BCUT2D eigenvalue weighted by Crippen LogP contribution is -2.54. The molecule has 156 valence electrons. The molecule has 0 saturated carbocycles. The fourth-order valence-electron chi connectivity index (χ4n) is 3.95. The van der Waals surface area contributed by atoms with E-state index in [1.165, 1.54) is 0 Å². The van der Waals surface area contributed by atoms with Crippen LogP contribution in [0.1, 0.15) is 23.1 Å². The third-order valence-electron chi connectivity index (χ3n) is 5.54. The van der Waals surface area contributed by atoms with Gasteiger partial charge in [0.15, 0.2) is 0 Å². The molecule has 5 heteroatoms. The van der Waals surface area contributed by atoms with Gasteiger partial charge in [-0.25, -0.2) is 0 Å². The highest BCUT2D eigenvalue weighted by molar-refractivity contribution is 9.10. The number of piperidine rings is 1. The Morgan fingerprint density at radius 3 is 2.47 bits per heavy atom. The van der Waals surface area contributed by atoms with Crippen molar-refractivity contribution >= 4 is 27.5 Å². The number of ether oxygens (including phenoxy) is 2. The van der Waals surface area contributed by atoms with E-state index in [1.807, 2.05) is 42.5 Å². The number of benzene rings is 3. The second kappa shape index (κ2) is 10.1. The summed E-state index contributed by atoms with van der Waals surface area (Å²) in [6.07, 6.45) is 0.695. The van der Waals surface area contributed by atoms with Crippen molar-refractivity contribution in [2.75, 3.05) is 13.1 Å². The van der Waals surface area contributed by atoms with E-state index in [4.69, 9.17) is 21.1 Å². The van der Waals surface area contributed by atoms with Crippen LogP contribution in [0.25, 0.3) is 0 Å². The Hall–Kier alpha value is -1.69. The summed E-state index contributed by atoms with van der Waals surface area (Å²) < 4.78 is 14.2. The van der Waals surface area contributed by atoms with Gasteiger partial charge >= 0.3 is 0 Å². The molecule has 0 spiro atoms. The minimum absolute atomic E-state index is 0.130. The van der Waals surface area contributed by atoms with Gasteiger partial charge in [0.25, 0.3) is 0 Å².